The molecule has 4 rings (SSSR count). The Bertz CT molecular complexity index is 1350. The number of halogens is 6. The molecule has 33 heavy (non-hydrogen) atoms. The van der Waals surface area contributed by atoms with Crippen molar-refractivity contribution in [1.29, 1.82) is 0 Å². The van der Waals surface area contributed by atoms with E-state index in [0.29, 0.717) is 16.4 Å². The first-order valence-corrected chi connectivity index (χ1v) is 9.75. The number of aromatic nitrogens is 5. The second-order valence-electron chi connectivity index (χ2n) is 6.54. The molecule has 168 valence electrons. The fourth-order valence-electron chi connectivity index (χ4n) is 2.86. The highest BCUT2D eigenvalue weighted by Crippen LogP contribution is 2.34. The highest BCUT2D eigenvalue weighted by molar-refractivity contribution is 6.35. The number of nitrogens with zero attached hydrogens (tertiary/aromatic N) is 5. The van der Waals surface area contributed by atoms with Crippen molar-refractivity contribution < 1.29 is 22.4 Å². The average Bonchev–Trinajstić information content (AvgIpc) is 3.27. The number of hydrogen-bond acceptors (Lipinski definition) is 5. The highest BCUT2D eigenvalue weighted by atomic mass is 35.5. The molecular formula is C20H10Cl2F4N6O. The van der Waals surface area contributed by atoms with Crippen LogP contribution in [-0.2, 0) is 6.18 Å². The van der Waals surface area contributed by atoms with E-state index in [1.807, 2.05) is 0 Å². The van der Waals surface area contributed by atoms with Crippen LogP contribution in [0.3, 0.4) is 0 Å². The first-order chi connectivity index (χ1) is 15.6. The van der Waals surface area contributed by atoms with Crippen LogP contribution in [0.25, 0.3) is 17.1 Å². The number of pyridine rings is 2. The summed E-state index contributed by atoms with van der Waals surface area (Å²) in [6, 6.07) is 5.72. The molecule has 0 spiro atoms. The molecule has 1 amide bonds. The van der Waals surface area contributed by atoms with Gasteiger partial charge in [-0.25, -0.2) is 9.37 Å². The molecule has 0 radical (unpaired) electrons. The number of anilines is 1. The minimum absolute atomic E-state index is 0.0424. The Hall–Kier alpha value is -3.57. The van der Waals surface area contributed by atoms with Crippen molar-refractivity contribution in [3.63, 3.8) is 0 Å². The van der Waals surface area contributed by atoms with Gasteiger partial charge in [-0.2, -0.15) is 23.4 Å². The summed E-state index contributed by atoms with van der Waals surface area (Å²) in [6.07, 6.45) is -0.219. The molecule has 0 unspecified atom stereocenters. The van der Waals surface area contributed by atoms with Gasteiger partial charge in [-0.3, -0.25) is 9.78 Å². The summed E-state index contributed by atoms with van der Waals surface area (Å²) in [4.78, 5) is 21.2. The van der Waals surface area contributed by atoms with Gasteiger partial charge >= 0.3 is 6.18 Å². The number of carbonyl (C=O) groups is 1. The van der Waals surface area contributed by atoms with Gasteiger partial charge in [0.1, 0.15) is 11.4 Å². The van der Waals surface area contributed by atoms with Crippen molar-refractivity contribution in [3.8, 4) is 17.1 Å². The van der Waals surface area contributed by atoms with Crippen molar-refractivity contribution in [1.82, 2.24) is 25.0 Å². The predicted molar refractivity (Wildman–Crippen MR) is 112 cm³/mol. The van der Waals surface area contributed by atoms with Gasteiger partial charge in [0.05, 0.1) is 45.6 Å². The second kappa shape index (κ2) is 8.75. The smallest absolute Gasteiger partial charge is 0.320 e. The van der Waals surface area contributed by atoms with Crippen LogP contribution in [0.1, 0.15) is 15.9 Å². The molecule has 1 aromatic carbocycles. The number of benzene rings is 1. The van der Waals surface area contributed by atoms with E-state index in [9.17, 15) is 22.4 Å². The molecule has 3 heterocycles. The topological polar surface area (TPSA) is 85.6 Å². The highest BCUT2D eigenvalue weighted by Gasteiger charge is 2.36. The minimum Gasteiger partial charge on any atom is -0.320 e. The lowest BCUT2D eigenvalue weighted by molar-refractivity contribution is -0.137. The maximum absolute atomic E-state index is 13.5. The quantitative estimate of drug-likeness (QED) is 0.380. The Balaban J connectivity index is 1.62. The van der Waals surface area contributed by atoms with E-state index < -0.39 is 29.3 Å². The van der Waals surface area contributed by atoms with E-state index in [1.165, 1.54) is 30.6 Å². The number of nitrogens with one attached hydrogen (secondary N) is 1. The maximum atomic E-state index is 13.5. The van der Waals surface area contributed by atoms with E-state index in [0.717, 1.165) is 18.5 Å². The fraction of sp³-hybridized carbons (Fsp3) is 0.0500. The molecule has 0 aliphatic heterocycles. The zero-order chi connectivity index (χ0) is 23.8. The van der Waals surface area contributed by atoms with E-state index >= 15 is 0 Å². The third-order valence-corrected chi connectivity index (χ3v) is 4.97. The fourth-order valence-corrected chi connectivity index (χ4v) is 3.36. The lowest BCUT2D eigenvalue weighted by Gasteiger charge is -2.14. The molecule has 3 aromatic heterocycles. The normalized spacial score (nSPS) is 11.5. The van der Waals surface area contributed by atoms with E-state index in [-0.39, 0.29) is 27.0 Å². The van der Waals surface area contributed by atoms with Crippen LogP contribution in [0.15, 0.2) is 55.1 Å². The Labute approximate surface area is 193 Å². The summed E-state index contributed by atoms with van der Waals surface area (Å²) in [7, 11) is 0. The number of alkyl halides is 3. The molecule has 0 fully saturated rings. The van der Waals surface area contributed by atoms with E-state index in [4.69, 9.17) is 23.2 Å². The molecule has 0 saturated heterocycles. The second-order valence-corrected chi connectivity index (χ2v) is 7.35. The number of carbonyl (C=O) groups excluding carboxylic acids is 1. The van der Waals surface area contributed by atoms with Crippen LogP contribution in [0.5, 0.6) is 0 Å². The molecule has 13 heteroatoms. The van der Waals surface area contributed by atoms with Gasteiger partial charge < -0.3 is 5.32 Å². The lowest BCUT2D eigenvalue weighted by Crippen LogP contribution is -2.17. The summed E-state index contributed by atoms with van der Waals surface area (Å²) in [5.41, 5.74) is -0.829. The summed E-state index contributed by atoms with van der Waals surface area (Å²) in [6.45, 7) is 0. The lowest BCUT2D eigenvalue weighted by atomic mass is 10.1. The van der Waals surface area contributed by atoms with Gasteiger partial charge in [-0.05, 0) is 30.3 Å². The molecule has 0 bridgehead atoms. The average molecular weight is 497 g/mol. The molecule has 0 saturated carbocycles. The largest absolute Gasteiger partial charge is 0.420 e. The van der Waals surface area contributed by atoms with Crippen molar-refractivity contribution in [2.24, 2.45) is 0 Å². The van der Waals surface area contributed by atoms with Gasteiger partial charge in [-0.1, -0.05) is 23.2 Å². The third kappa shape index (κ3) is 4.78. The molecular weight excluding hydrogens is 487 g/mol. The summed E-state index contributed by atoms with van der Waals surface area (Å²) in [5.74, 6) is -1.90. The van der Waals surface area contributed by atoms with Gasteiger partial charge in [0.25, 0.3) is 5.91 Å². The molecule has 1 N–H and O–H groups in total. The zero-order valence-electron chi connectivity index (χ0n) is 16.1. The van der Waals surface area contributed by atoms with Crippen LogP contribution >= 0.6 is 23.2 Å². The van der Waals surface area contributed by atoms with Crippen LogP contribution < -0.4 is 5.32 Å². The number of amides is 1. The van der Waals surface area contributed by atoms with Crippen molar-refractivity contribution in [2.45, 2.75) is 6.18 Å². The standard InChI is InChI=1S/C20H10Cl2F4N6O/c21-15-5-10(23)1-2-12(15)17-7-16(22)13(9-27-17)19(33)31-11-6-14(20(24,25)26)18(28-8-11)32-29-3-4-30-32/h1-9H,(H,31,33). The first kappa shape index (κ1) is 22.6. The molecule has 4 aromatic rings. The monoisotopic (exact) mass is 496 g/mol. The molecule has 0 aliphatic rings. The van der Waals surface area contributed by atoms with Crippen LogP contribution in [0, 0.1) is 5.82 Å². The summed E-state index contributed by atoms with van der Waals surface area (Å²) >= 11 is 12.2. The Morgan fingerprint density at radius 2 is 1.70 bits per heavy atom. The van der Waals surface area contributed by atoms with Gasteiger partial charge in [-0.15, -0.1) is 4.80 Å². The molecule has 0 aliphatic carbocycles. The van der Waals surface area contributed by atoms with Crippen molar-refractivity contribution >= 4 is 34.8 Å². The van der Waals surface area contributed by atoms with Crippen LogP contribution in [0.4, 0.5) is 23.2 Å². The van der Waals surface area contributed by atoms with Gasteiger partial charge in [0.15, 0.2) is 5.82 Å². The molecule has 7 nitrogen and oxygen atoms in total. The maximum Gasteiger partial charge on any atom is 0.420 e. The summed E-state index contributed by atoms with van der Waals surface area (Å²) in [5, 5.41) is 9.67. The number of hydrogen-bond donors (Lipinski definition) is 1. The van der Waals surface area contributed by atoms with E-state index in [1.54, 1.807) is 0 Å². The van der Waals surface area contributed by atoms with Crippen LogP contribution in [-0.4, -0.2) is 30.9 Å². The van der Waals surface area contributed by atoms with E-state index in [2.05, 4.69) is 25.5 Å². The SMILES string of the molecule is O=C(Nc1cnc(-n2nccn2)c(C(F)(F)F)c1)c1cnc(-c2ccc(F)cc2Cl)cc1Cl. The van der Waals surface area contributed by atoms with Gasteiger partial charge in [0, 0.05) is 11.8 Å². The van der Waals surface area contributed by atoms with Crippen molar-refractivity contribution in [2.75, 3.05) is 5.32 Å². The Kier molecular flexibility index (Phi) is 6.00. The van der Waals surface area contributed by atoms with Gasteiger partial charge in [0.2, 0.25) is 0 Å². The zero-order valence-corrected chi connectivity index (χ0v) is 17.6. The summed E-state index contributed by atoms with van der Waals surface area (Å²) < 4.78 is 53.8. The van der Waals surface area contributed by atoms with Crippen LogP contribution in [0.2, 0.25) is 10.0 Å². The predicted octanol–water partition coefficient (Wildman–Crippen LogP) is 5.44. The number of rotatable bonds is 4. The third-order valence-electron chi connectivity index (χ3n) is 4.34. The first-order valence-electron chi connectivity index (χ1n) is 9.00. The Morgan fingerprint density at radius 1 is 0.970 bits per heavy atom. The van der Waals surface area contributed by atoms with Crippen molar-refractivity contribution in [3.05, 3.63) is 82.1 Å². The Morgan fingerprint density at radius 3 is 2.33 bits per heavy atom. The molecule has 0 atom stereocenters. The minimum atomic E-state index is -4.79.